The summed E-state index contributed by atoms with van der Waals surface area (Å²) in [5.74, 6) is -0.188. The molecule has 1 heterocycles. The molecule has 1 aliphatic rings. The fraction of sp³-hybridized carbons (Fsp3) is 0.200. The summed E-state index contributed by atoms with van der Waals surface area (Å²) in [7, 11) is -2.58. The summed E-state index contributed by atoms with van der Waals surface area (Å²) >= 11 is 6.01. The Morgan fingerprint density at radius 3 is 2.62 bits per heavy atom. The number of hydrogen-bond donors (Lipinski definition) is 0. The summed E-state index contributed by atoms with van der Waals surface area (Å²) in [6.07, 6.45) is 0.680. The molecule has 34 heavy (non-hydrogen) atoms. The number of halogens is 1. The zero-order valence-electron chi connectivity index (χ0n) is 18.4. The zero-order valence-corrected chi connectivity index (χ0v) is 20.0. The average molecular weight is 496 g/mol. The molecule has 0 fully saturated rings. The highest BCUT2D eigenvalue weighted by Gasteiger charge is 2.29. The third kappa shape index (κ3) is 4.77. The van der Waals surface area contributed by atoms with Gasteiger partial charge in [-0.25, -0.2) is 8.42 Å². The lowest BCUT2D eigenvalue weighted by Crippen LogP contribution is -2.33. The number of fused-ring (bicyclic) bond motifs is 1. The first-order valence-corrected chi connectivity index (χ1v) is 12.3. The van der Waals surface area contributed by atoms with Gasteiger partial charge in [0.2, 0.25) is 0 Å². The number of nitriles is 1. The van der Waals surface area contributed by atoms with Gasteiger partial charge in [-0.15, -0.1) is 0 Å². The van der Waals surface area contributed by atoms with E-state index in [1.54, 1.807) is 53.4 Å². The minimum absolute atomic E-state index is 0.00771. The number of nitrogens with zero attached hydrogens (tertiary/aromatic N) is 3. The topological polar surface area (TPSA) is 90.7 Å². The highest BCUT2D eigenvalue weighted by atomic mass is 35.5. The molecule has 7 nitrogen and oxygen atoms in total. The lowest BCUT2D eigenvalue weighted by molar-refractivity contribution is -0.122. The van der Waals surface area contributed by atoms with Gasteiger partial charge in [0.05, 0.1) is 28.8 Å². The van der Waals surface area contributed by atoms with Crippen LogP contribution in [0.4, 0.5) is 11.4 Å². The van der Waals surface area contributed by atoms with E-state index in [2.05, 4.69) is 0 Å². The number of ether oxygens (including phenoxy) is 1. The van der Waals surface area contributed by atoms with Crippen molar-refractivity contribution < 1.29 is 17.9 Å². The van der Waals surface area contributed by atoms with Gasteiger partial charge in [-0.1, -0.05) is 35.9 Å². The minimum Gasteiger partial charge on any atom is -0.375 e. The van der Waals surface area contributed by atoms with Crippen LogP contribution in [0, 0.1) is 11.3 Å². The van der Waals surface area contributed by atoms with Crippen molar-refractivity contribution in [1.82, 2.24) is 0 Å². The number of benzene rings is 3. The van der Waals surface area contributed by atoms with Crippen LogP contribution in [0.15, 0.2) is 71.6 Å². The maximum Gasteiger partial charge on any atom is 0.264 e. The van der Waals surface area contributed by atoms with Crippen molar-refractivity contribution in [1.29, 1.82) is 5.26 Å². The molecule has 0 atom stereocenters. The second-order valence-corrected chi connectivity index (χ2v) is 10.1. The molecule has 1 aliphatic heterocycles. The molecule has 0 saturated heterocycles. The van der Waals surface area contributed by atoms with Gasteiger partial charge in [-0.2, -0.15) is 5.26 Å². The van der Waals surface area contributed by atoms with Crippen LogP contribution < -0.4 is 9.21 Å². The Bertz CT molecular complexity index is 1370. The van der Waals surface area contributed by atoms with Crippen molar-refractivity contribution in [2.24, 2.45) is 0 Å². The Kier molecular flexibility index (Phi) is 6.89. The normalized spacial score (nSPS) is 12.8. The van der Waals surface area contributed by atoms with Gasteiger partial charge in [-0.05, 0) is 60.0 Å². The van der Waals surface area contributed by atoms with Gasteiger partial charge < -0.3 is 9.64 Å². The molecule has 0 saturated carbocycles. The molecular weight excluding hydrogens is 474 g/mol. The van der Waals surface area contributed by atoms with E-state index in [1.807, 2.05) is 12.1 Å². The van der Waals surface area contributed by atoms with Crippen molar-refractivity contribution >= 4 is 38.9 Å². The van der Waals surface area contributed by atoms with Gasteiger partial charge in [0.1, 0.15) is 6.61 Å². The Morgan fingerprint density at radius 1 is 1.15 bits per heavy atom. The van der Waals surface area contributed by atoms with E-state index >= 15 is 0 Å². The monoisotopic (exact) mass is 495 g/mol. The van der Waals surface area contributed by atoms with Gasteiger partial charge in [0.25, 0.3) is 15.9 Å². The second-order valence-electron chi connectivity index (χ2n) is 7.82. The highest BCUT2D eigenvalue weighted by molar-refractivity contribution is 7.92. The molecule has 0 bridgehead atoms. The summed E-state index contributed by atoms with van der Waals surface area (Å²) < 4.78 is 33.8. The van der Waals surface area contributed by atoms with Crippen molar-refractivity contribution in [2.75, 3.05) is 29.5 Å². The van der Waals surface area contributed by atoms with E-state index in [9.17, 15) is 18.5 Å². The molecule has 3 aromatic rings. The van der Waals surface area contributed by atoms with Crippen LogP contribution >= 0.6 is 11.6 Å². The maximum absolute atomic E-state index is 13.8. The number of hydrogen-bond acceptors (Lipinski definition) is 5. The SMILES string of the molecule is COCC(=O)N1CCc2ccc(N(Cc3ccc(Cl)cc3)S(=O)(=O)c3cccc(C#N)c3)cc21. The summed E-state index contributed by atoms with van der Waals surface area (Å²) in [5, 5.41) is 9.80. The van der Waals surface area contributed by atoms with Gasteiger partial charge in [0.15, 0.2) is 0 Å². The third-order valence-electron chi connectivity index (χ3n) is 5.61. The van der Waals surface area contributed by atoms with Crippen LogP contribution in [-0.4, -0.2) is 34.6 Å². The molecule has 0 N–H and O–H groups in total. The summed E-state index contributed by atoms with van der Waals surface area (Å²) in [6.45, 7) is 0.494. The Balaban J connectivity index is 1.80. The van der Waals surface area contributed by atoms with Crippen molar-refractivity contribution in [3.63, 3.8) is 0 Å². The molecular formula is C25H22ClN3O4S. The van der Waals surface area contributed by atoms with Crippen LogP contribution in [0.1, 0.15) is 16.7 Å². The summed E-state index contributed by atoms with van der Waals surface area (Å²) in [5.41, 5.74) is 3.02. The quantitative estimate of drug-likeness (QED) is 0.491. The number of rotatable bonds is 7. The molecule has 0 aliphatic carbocycles. The first-order valence-electron chi connectivity index (χ1n) is 10.5. The fourth-order valence-electron chi connectivity index (χ4n) is 3.91. The van der Waals surface area contributed by atoms with Crippen LogP contribution in [0.5, 0.6) is 0 Å². The van der Waals surface area contributed by atoms with Crippen LogP contribution in [0.25, 0.3) is 0 Å². The standard InChI is InChI=1S/C25H22ClN3O4S/c1-33-17-25(30)28-12-11-20-7-10-22(14-24(20)28)29(16-18-5-8-21(26)9-6-18)34(31,32)23-4-2-3-19(13-23)15-27/h2-10,13-14H,11-12,16-17H2,1H3. The van der Waals surface area contributed by atoms with E-state index in [0.717, 1.165) is 11.1 Å². The molecule has 0 unspecified atom stereocenters. The molecule has 3 aromatic carbocycles. The van der Waals surface area contributed by atoms with Gasteiger partial charge in [-0.3, -0.25) is 9.10 Å². The number of sulfonamides is 1. The molecule has 1 amide bonds. The number of amides is 1. The first-order chi connectivity index (χ1) is 16.3. The fourth-order valence-corrected chi connectivity index (χ4v) is 5.52. The van der Waals surface area contributed by atoms with E-state index in [1.165, 1.54) is 23.5 Å². The molecule has 0 radical (unpaired) electrons. The zero-order chi connectivity index (χ0) is 24.3. The third-order valence-corrected chi connectivity index (χ3v) is 7.63. The van der Waals surface area contributed by atoms with E-state index < -0.39 is 10.0 Å². The molecule has 9 heteroatoms. The van der Waals surface area contributed by atoms with Crippen LogP contribution in [0.2, 0.25) is 5.02 Å². The second kappa shape index (κ2) is 9.85. The van der Waals surface area contributed by atoms with Crippen LogP contribution in [-0.2, 0) is 32.5 Å². The summed E-state index contributed by atoms with van der Waals surface area (Å²) in [4.78, 5) is 14.2. The Labute approximate surface area is 203 Å². The molecule has 0 spiro atoms. The molecule has 4 rings (SSSR count). The van der Waals surface area contributed by atoms with Gasteiger partial charge >= 0.3 is 0 Å². The van der Waals surface area contributed by atoms with Crippen molar-refractivity contribution in [3.8, 4) is 6.07 Å². The number of methoxy groups -OCH3 is 1. The lowest BCUT2D eigenvalue weighted by Gasteiger charge is -2.26. The number of carbonyl (C=O) groups excluding carboxylic acids is 1. The predicted molar refractivity (Wildman–Crippen MR) is 130 cm³/mol. The van der Waals surface area contributed by atoms with Crippen molar-refractivity contribution in [2.45, 2.75) is 17.9 Å². The lowest BCUT2D eigenvalue weighted by atomic mass is 10.1. The van der Waals surface area contributed by atoms with Crippen LogP contribution in [0.3, 0.4) is 0 Å². The number of anilines is 2. The maximum atomic E-state index is 13.8. The Hall–Kier alpha value is -3.38. The predicted octanol–water partition coefficient (Wildman–Crippen LogP) is 4.14. The van der Waals surface area contributed by atoms with Crippen molar-refractivity contribution in [3.05, 3.63) is 88.4 Å². The first kappa shape index (κ1) is 23.8. The average Bonchev–Trinajstić information content (AvgIpc) is 3.27. The Morgan fingerprint density at radius 2 is 1.91 bits per heavy atom. The smallest absolute Gasteiger partial charge is 0.264 e. The molecule has 0 aromatic heterocycles. The largest absolute Gasteiger partial charge is 0.375 e. The van der Waals surface area contributed by atoms with E-state index in [0.29, 0.717) is 29.4 Å². The summed E-state index contributed by atoms with van der Waals surface area (Å²) in [6, 6.07) is 20.1. The van der Waals surface area contributed by atoms with Gasteiger partial charge in [0, 0.05) is 24.4 Å². The highest BCUT2D eigenvalue weighted by Crippen LogP contribution is 2.35. The molecule has 174 valence electrons. The number of carbonyl (C=O) groups is 1. The van der Waals surface area contributed by atoms with E-state index in [4.69, 9.17) is 16.3 Å². The minimum atomic E-state index is -4.04. The van der Waals surface area contributed by atoms with E-state index in [-0.39, 0.29) is 29.5 Å².